The summed E-state index contributed by atoms with van der Waals surface area (Å²) in [4.78, 5) is 26.9. The van der Waals surface area contributed by atoms with Gasteiger partial charge in [-0.05, 0) is 35.7 Å². The molecule has 142 valence electrons. The van der Waals surface area contributed by atoms with Crippen molar-refractivity contribution in [1.29, 1.82) is 0 Å². The summed E-state index contributed by atoms with van der Waals surface area (Å²) in [5.41, 5.74) is 0.566. The maximum atomic E-state index is 12.8. The third-order valence-corrected chi connectivity index (χ3v) is 4.69. The van der Waals surface area contributed by atoms with Gasteiger partial charge >= 0.3 is 0 Å². The number of aliphatic hydroxyl groups excluding tert-OH is 1. The fourth-order valence-corrected chi connectivity index (χ4v) is 3.38. The maximum Gasteiger partial charge on any atom is 0.290 e. The summed E-state index contributed by atoms with van der Waals surface area (Å²) in [7, 11) is 0. The highest BCUT2D eigenvalue weighted by molar-refractivity contribution is 6.32. The number of halogens is 1. The van der Waals surface area contributed by atoms with Crippen LogP contribution in [0.25, 0.3) is 0 Å². The van der Waals surface area contributed by atoms with Crippen LogP contribution in [0.15, 0.2) is 52.3 Å². The summed E-state index contributed by atoms with van der Waals surface area (Å²) in [6.07, 6.45) is 1.68. The van der Waals surface area contributed by atoms with Crippen LogP contribution in [0.4, 0.5) is 0 Å². The number of aliphatic hydroxyl groups is 1. The smallest absolute Gasteiger partial charge is 0.290 e. The van der Waals surface area contributed by atoms with Crippen molar-refractivity contribution in [3.05, 3.63) is 64.3 Å². The van der Waals surface area contributed by atoms with Crippen LogP contribution in [0, 0.1) is 5.92 Å². The second-order valence-corrected chi connectivity index (χ2v) is 7.32. The molecule has 2 aromatic rings. The number of carbonyl (C=O) groups excluding carboxylic acids is 2. The molecule has 1 amide bonds. The number of rotatable bonds is 6. The molecule has 0 radical (unpaired) electrons. The number of phenolic OH excluding ortho intramolecular Hbond substituents is 1. The highest BCUT2D eigenvalue weighted by atomic mass is 35.5. The number of furan rings is 1. The Bertz CT molecular complexity index is 901. The lowest BCUT2D eigenvalue weighted by atomic mass is 9.92. The monoisotopic (exact) mass is 389 g/mol. The normalized spacial score (nSPS) is 17.3. The summed E-state index contributed by atoms with van der Waals surface area (Å²) >= 11 is 6.03. The van der Waals surface area contributed by atoms with Gasteiger partial charge in [0, 0.05) is 6.42 Å². The number of Topliss-reactive ketones (excluding diaryl/α,β-unsaturated/α-hetero) is 1. The third-order valence-electron chi connectivity index (χ3n) is 4.39. The van der Waals surface area contributed by atoms with Crippen molar-refractivity contribution in [2.45, 2.75) is 32.9 Å². The van der Waals surface area contributed by atoms with Gasteiger partial charge in [0.15, 0.2) is 11.5 Å². The number of aromatic hydroxyl groups is 1. The van der Waals surface area contributed by atoms with E-state index in [1.807, 2.05) is 13.8 Å². The molecule has 0 aliphatic carbocycles. The molecule has 0 bridgehead atoms. The Morgan fingerprint density at radius 1 is 1.30 bits per heavy atom. The number of ketones is 1. The van der Waals surface area contributed by atoms with Crippen LogP contribution in [-0.4, -0.2) is 26.8 Å². The van der Waals surface area contributed by atoms with Crippen LogP contribution < -0.4 is 0 Å². The Kier molecular flexibility index (Phi) is 5.28. The molecule has 1 unspecified atom stereocenters. The Morgan fingerprint density at radius 2 is 2.04 bits per heavy atom. The standard InChI is InChI=1S/C20H20ClNO5/c1-11(2)8-16(24)17-18(12-5-6-15(23)14(21)9-12)22(20(26)19(17)25)10-13-4-3-7-27-13/h3-7,9,11,18,23,25H,8,10H2,1-2H3. The van der Waals surface area contributed by atoms with E-state index in [1.165, 1.54) is 23.3 Å². The predicted molar refractivity (Wildman–Crippen MR) is 99.2 cm³/mol. The Labute approximate surface area is 161 Å². The van der Waals surface area contributed by atoms with Crippen molar-refractivity contribution >= 4 is 23.3 Å². The van der Waals surface area contributed by atoms with E-state index in [0.717, 1.165) is 0 Å². The van der Waals surface area contributed by atoms with Crippen molar-refractivity contribution in [2.75, 3.05) is 0 Å². The molecule has 1 aromatic carbocycles. The predicted octanol–water partition coefficient (Wildman–Crippen LogP) is 4.15. The van der Waals surface area contributed by atoms with Gasteiger partial charge < -0.3 is 19.5 Å². The van der Waals surface area contributed by atoms with Gasteiger partial charge in [0.25, 0.3) is 5.91 Å². The van der Waals surface area contributed by atoms with E-state index >= 15 is 0 Å². The maximum absolute atomic E-state index is 12.8. The fraction of sp³-hybridized carbons (Fsp3) is 0.300. The summed E-state index contributed by atoms with van der Waals surface area (Å²) in [5, 5.41) is 20.2. The number of hydrogen-bond donors (Lipinski definition) is 2. The highest BCUT2D eigenvalue weighted by Crippen LogP contribution is 2.41. The van der Waals surface area contributed by atoms with Gasteiger partial charge in [0.1, 0.15) is 11.5 Å². The number of carbonyl (C=O) groups is 2. The largest absolute Gasteiger partial charge is 0.506 e. The Morgan fingerprint density at radius 3 is 2.63 bits per heavy atom. The number of benzene rings is 1. The third kappa shape index (κ3) is 3.71. The summed E-state index contributed by atoms with van der Waals surface area (Å²) < 4.78 is 5.32. The molecule has 1 aliphatic rings. The molecular formula is C20H20ClNO5. The average Bonchev–Trinajstić information content (AvgIpc) is 3.19. The molecule has 0 spiro atoms. The zero-order chi connectivity index (χ0) is 19.7. The molecule has 0 saturated carbocycles. The molecule has 0 fully saturated rings. The average molecular weight is 390 g/mol. The van der Waals surface area contributed by atoms with Gasteiger partial charge in [-0.2, -0.15) is 0 Å². The molecule has 2 N–H and O–H groups in total. The van der Waals surface area contributed by atoms with Gasteiger partial charge in [-0.3, -0.25) is 9.59 Å². The molecule has 7 heteroatoms. The van der Waals surface area contributed by atoms with Crippen molar-refractivity contribution in [3.8, 4) is 5.75 Å². The quantitative estimate of drug-likeness (QED) is 0.774. The SMILES string of the molecule is CC(C)CC(=O)C1=C(O)C(=O)N(Cc2ccco2)C1c1ccc(O)c(Cl)c1. The van der Waals surface area contributed by atoms with Gasteiger partial charge in [0.2, 0.25) is 0 Å². The Hall–Kier alpha value is -2.73. The topological polar surface area (TPSA) is 91.0 Å². The van der Waals surface area contributed by atoms with Gasteiger partial charge in [-0.15, -0.1) is 0 Å². The summed E-state index contributed by atoms with van der Waals surface area (Å²) in [6, 6.07) is 7.06. The molecule has 1 aliphatic heterocycles. The minimum Gasteiger partial charge on any atom is -0.506 e. The van der Waals surface area contributed by atoms with Crippen LogP contribution in [0.1, 0.15) is 37.6 Å². The first-order valence-corrected chi connectivity index (χ1v) is 8.95. The van der Waals surface area contributed by atoms with Crippen molar-refractivity contribution < 1.29 is 24.2 Å². The molecule has 1 aromatic heterocycles. The van der Waals surface area contributed by atoms with E-state index in [1.54, 1.807) is 18.2 Å². The lowest BCUT2D eigenvalue weighted by Gasteiger charge is -2.26. The molecule has 0 saturated heterocycles. The van der Waals surface area contributed by atoms with Gasteiger partial charge in [0.05, 0.1) is 29.4 Å². The highest BCUT2D eigenvalue weighted by Gasteiger charge is 2.43. The second-order valence-electron chi connectivity index (χ2n) is 6.91. The number of amides is 1. The van der Waals surface area contributed by atoms with E-state index in [9.17, 15) is 19.8 Å². The molecule has 27 heavy (non-hydrogen) atoms. The minimum absolute atomic E-state index is 0.0435. The number of nitrogens with zero attached hydrogens (tertiary/aromatic N) is 1. The van der Waals surface area contributed by atoms with Crippen LogP contribution >= 0.6 is 11.6 Å². The van der Waals surface area contributed by atoms with Crippen molar-refractivity contribution in [3.63, 3.8) is 0 Å². The molecule has 1 atom stereocenters. The van der Waals surface area contributed by atoms with Gasteiger partial charge in [-0.1, -0.05) is 31.5 Å². The van der Waals surface area contributed by atoms with E-state index in [-0.39, 0.29) is 41.0 Å². The van der Waals surface area contributed by atoms with Crippen LogP contribution in [0.3, 0.4) is 0 Å². The second kappa shape index (κ2) is 7.48. The molecular weight excluding hydrogens is 370 g/mol. The number of phenols is 1. The summed E-state index contributed by atoms with van der Waals surface area (Å²) in [5.74, 6) is -1.02. The molecule has 3 rings (SSSR count). The van der Waals surface area contributed by atoms with E-state index in [2.05, 4.69) is 0 Å². The summed E-state index contributed by atoms with van der Waals surface area (Å²) in [6.45, 7) is 3.86. The lowest BCUT2D eigenvalue weighted by molar-refractivity contribution is -0.130. The van der Waals surface area contributed by atoms with Crippen LogP contribution in [0.5, 0.6) is 5.75 Å². The molecule has 6 nitrogen and oxygen atoms in total. The van der Waals surface area contributed by atoms with Gasteiger partial charge in [-0.25, -0.2) is 0 Å². The Balaban J connectivity index is 2.07. The fourth-order valence-electron chi connectivity index (χ4n) is 3.19. The minimum atomic E-state index is -0.813. The van der Waals surface area contributed by atoms with Crippen molar-refractivity contribution in [2.24, 2.45) is 5.92 Å². The lowest BCUT2D eigenvalue weighted by Crippen LogP contribution is -2.30. The zero-order valence-corrected chi connectivity index (χ0v) is 15.7. The van der Waals surface area contributed by atoms with Crippen LogP contribution in [-0.2, 0) is 16.1 Å². The van der Waals surface area contributed by atoms with Crippen LogP contribution in [0.2, 0.25) is 5.02 Å². The van der Waals surface area contributed by atoms with E-state index in [4.69, 9.17) is 16.0 Å². The first-order valence-electron chi connectivity index (χ1n) is 8.57. The molecule has 2 heterocycles. The van der Waals surface area contributed by atoms with E-state index in [0.29, 0.717) is 11.3 Å². The first-order chi connectivity index (χ1) is 12.8. The van der Waals surface area contributed by atoms with E-state index < -0.39 is 17.7 Å². The number of hydrogen-bond acceptors (Lipinski definition) is 5. The zero-order valence-electron chi connectivity index (χ0n) is 15.0. The first kappa shape index (κ1) is 19.0. The van der Waals surface area contributed by atoms with Crippen molar-refractivity contribution in [1.82, 2.24) is 4.90 Å².